The van der Waals surface area contributed by atoms with Gasteiger partial charge in [0.15, 0.2) is 0 Å². The number of urea groups is 1. The number of aryl methyl sites for hydroxylation is 2. The van der Waals surface area contributed by atoms with E-state index in [9.17, 15) is 22.8 Å². The van der Waals surface area contributed by atoms with Crippen LogP contribution in [0.3, 0.4) is 0 Å². The van der Waals surface area contributed by atoms with Crippen molar-refractivity contribution in [3.63, 3.8) is 0 Å². The number of hydrogen-bond donors (Lipinski definition) is 1. The van der Waals surface area contributed by atoms with Crippen molar-refractivity contribution in [1.29, 1.82) is 0 Å². The van der Waals surface area contributed by atoms with Crippen LogP contribution in [0.1, 0.15) is 32.2 Å². The molecule has 8 nitrogen and oxygen atoms in total. The van der Waals surface area contributed by atoms with Crippen LogP contribution in [0.4, 0.5) is 29.3 Å². The van der Waals surface area contributed by atoms with Crippen molar-refractivity contribution in [1.82, 2.24) is 14.8 Å². The number of hydrogen-bond acceptors (Lipinski definition) is 6. The number of para-hydroxylation sites is 1. The van der Waals surface area contributed by atoms with Crippen molar-refractivity contribution in [2.24, 2.45) is 0 Å². The second-order valence-corrected chi connectivity index (χ2v) is 10.5. The predicted molar refractivity (Wildman–Crippen MR) is 149 cm³/mol. The lowest BCUT2D eigenvalue weighted by Crippen LogP contribution is -2.49. The average Bonchev–Trinajstić information content (AvgIpc) is 3.41. The van der Waals surface area contributed by atoms with E-state index in [1.165, 1.54) is 17.4 Å². The van der Waals surface area contributed by atoms with Crippen molar-refractivity contribution < 1.29 is 27.5 Å². The molecule has 1 N–H and O–H groups in total. The monoisotopic (exact) mass is 575 g/mol. The molecule has 3 amide bonds. The van der Waals surface area contributed by atoms with Crippen LogP contribution in [0.2, 0.25) is 0 Å². The van der Waals surface area contributed by atoms with Crippen LogP contribution in [0, 0.1) is 13.8 Å². The molecule has 12 heteroatoms. The first-order valence-electron chi connectivity index (χ1n) is 12.8. The molecule has 0 saturated carbocycles. The van der Waals surface area contributed by atoms with Crippen LogP contribution in [-0.4, -0.2) is 73.2 Å². The van der Waals surface area contributed by atoms with Gasteiger partial charge in [-0.05, 0) is 43.2 Å². The molecule has 214 valence electrons. The lowest BCUT2D eigenvalue weighted by atomic mass is 10.1. The smallest absolute Gasteiger partial charge is 0.383 e. The van der Waals surface area contributed by atoms with Gasteiger partial charge in [-0.1, -0.05) is 24.3 Å². The third-order valence-electron chi connectivity index (χ3n) is 6.77. The number of rotatable bonds is 8. The number of alkyl halides is 3. The number of thiazole rings is 1. The minimum absolute atomic E-state index is 0.210. The molecule has 4 rings (SSSR count). The molecule has 2 aromatic carbocycles. The summed E-state index contributed by atoms with van der Waals surface area (Å²) in [6, 6.07) is 10.7. The highest BCUT2D eigenvalue weighted by atomic mass is 32.1. The van der Waals surface area contributed by atoms with E-state index >= 15 is 0 Å². The van der Waals surface area contributed by atoms with Crippen LogP contribution >= 0.6 is 11.3 Å². The number of methoxy groups -OCH3 is 1. The number of nitrogens with zero attached hydrogens (tertiary/aromatic N) is 4. The number of carbonyl (C=O) groups excluding carboxylic acids is 2. The number of benzene rings is 2. The van der Waals surface area contributed by atoms with Crippen molar-refractivity contribution >= 4 is 34.6 Å². The van der Waals surface area contributed by atoms with Gasteiger partial charge >= 0.3 is 12.2 Å². The van der Waals surface area contributed by atoms with Crippen molar-refractivity contribution in [3.05, 3.63) is 75.2 Å². The molecule has 40 heavy (non-hydrogen) atoms. The topological polar surface area (TPSA) is 78.0 Å². The molecule has 0 atom stereocenters. The molecular formula is C28H32F3N5O3S. The summed E-state index contributed by atoms with van der Waals surface area (Å²) in [6.45, 7) is 6.30. The van der Waals surface area contributed by atoms with Crippen LogP contribution < -0.4 is 10.2 Å². The van der Waals surface area contributed by atoms with Crippen LogP contribution in [0.15, 0.2) is 47.8 Å². The number of piperazine rings is 1. The number of carbonyl (C=O) groups is 2. The summed E-state index contributed by atoms with van der Waals surface area (Å²) < 4.78 is 44.5. The van der Waals surface area contributed by atoms with Crippen molar-refractivity contribution in [2.45, 2.75) is 26.6 Å². The lowest BCUT2D eigenvalue weighted by molar-refractivity contribution is -0.137. The van der Waals surface area contributed by atoms with Gasteiger partial charge in [-0.25, -0.2) is 9.78 Å². The highest BCUT2D eigenvalue weighted by Gasteiger charge is 2.31. The van der Waals surface area contributed by atoms with E-state index in [1.807, 2.05) is 36.9 Å². The Bertz CT molecular complexity index is 1320. The third kappa shape index (κ3) is 7.11. The molecule has 0 aliphatic carbocycles. The first-order valence-corrected chi connectivity index (χ1v) is 13.7. The molecule has 1 aliphatic heterocycles. The molecule has 1 aliphatic rings. The zero-order chi connectivity index (χ0) is 28.9. The zero-order valence-corrected chi connectivity index (χ0v) is 23.4. The Morgan fingerprint density at radius 3 is 2.40 bits per heavy atom. The van der Waals surface area contributed by atoms with E-state index in [0.29, 0.717) is 50.0 Å². The number of halogens is 3. The molecule has 2 heterocycles. The Kier molecular flexibility index (Phi) is 9.31. The third-order valence-corrected chi connectivity index (χ3v) is 7.60. The molecule has 0 bridgehead atoms. The first kappa shape index (κ1) is 29.3. The van der Waals surface area contributed by atoms with Crippen LogP contribution in [0.25, 0.3) is 0 Å². The van der Waals surface area contributed by atoms with E-state index in [1.54, 1.807) is 28.4 Å². The SMILES string of the molecule is COCCN(Cc1nc(C(=O)N2CCN(c3cccc(C(F)(F)F)c3)CC2)cs1)C(=O)Nc1c(C)cccc1C. The maximum atomic E-state index is 13.1. The highest BCUT2D eigenvalue weighted by molar-refractivity contribution is 7.09. The Balaban J connectivity index is 1.37. The molecule has 1 aromatic heterocycles. The van der Waals surface area contributed by atoms with Gasteiger partial charge in [0, 0.05) is 56.6 Å². The normalized spacial score (nSPS) is 13.8. The number of aromatic nitrogens is 1. The highest BCUT2D eigenvalue weighted by Crippen LogP contribution is 2.32. The standard InChI is InChI=1S/C28H32F3N5O3S/c1-19-6-4-7-20(2)25(19)33-27(38)36(14-15-39-3)17-24-32-23(18-40-24)26(37)35-12-10-34(11-13-35)22-9-5-8-21(16-22)28(29,30)31/h4-9,16,18H,10-15,17H2,1-3H3,(H,33,38). The first-order chi connectivity index (χ1) is 19.1. The molecule has 0 radical (unpaired) electrons. The number of amides is 3. The molecular weight excluding hydrogens is 543 g/mol. The maximum Gasteiger partial charge on any atom is 0.416 e. The second kappa shape index (κ2) is 12.7. The van der Waals surface area contributed by atoms with Crippen LogP contribution in [-0.2, 0) is 17.5 Å². The fraction of sp³-hybridized carbons (Fsp3) is 0.393. The van der Waals surface area contributed by atoms with Crippen molar-refractivity contribution in [2.75, 3.05) is 56.7 Å². The number of ether oxygens (including phenoxy) is 1. The largest absolute Gasteiger partial charge is 0.416 e. The maximum absolute atomic E-state index is 13.1. The Morgan fingerprint density at radius 2 is 1.75 bits per heavy atom. The fourth-order valence-electron chi connectivity index (χ4n) is 4.51. The van der Waals surface area contributed by atoms with Crippen LogP contribution in [0.5, 0.6) is 0 Å². The summed E-state index contributed by atoms with van der Waals surface area (Å²) in [4.78, 5) is 35.9. The molecule has 1 saturated heterocycles. The van der Waals surface area contributed by atoms with Crippen molar-refractivity contribution in [3.8, 4) is 0 Å². The summed E-state index contributed by atoms with van der Waals surface area (Å²) in [5.74, 6) is -0.241. The quantitative estimate of drug-likeness (QED) is 0.388. The summed E-state index contributed by atoms with van der Waals surface area (Å²) in [6.07, 6.45) is -4.41. The summed E-state index contributed by atoms with van der Waals surface area (Å²) >= 11 is 1.30. The van der Waals surface area contributed by atoms with Gasteiger partial charge in [0.25, 0.3) is 5.91 Å². The number of nitrogens with one attached hydrogen (secondary N) is 1. The van der Waals surface area contributed by atoms with Gasteiger partial charge in [0.1, 0.15) is 10.7 Å². The van der Waals surface area contributed by atoms with Gasteiger partial charge in [-0.2, -0.15) is 13.2 Å². The van der Waals surface area contributed by atoms with Gasteiger partial charge in [0.05, 0.1) is 18.7 Å². The Labute approximate surface area is 235 Å². The minimum atomic E-state index is -4.41. The van der Waals surface area contributed by atoms with Gasteiger partial charge in [-0.3, -0.25) is 4.79 Å². The fourth-order valence-corrected chi connectivity index (χ4v) is 5.29. The van der Waals surface area contributed by atoms with E-state index in [0.717, 1.165) is 28.9 Å². The summed E-state index contributed by atoms with van der Waals surface area (Å²) in [5.41, 5.74) is 2.74. The average molecular weight is 576 g/mol. The molecule has 0 unspecified atom stereocenters. The van der Waals surface area contributed by atoms with Gasteiger partial charge < -0.3 is 24.8 Å². The van der Waals surface area contributed by atoms with Gasteiger partial charge in [0.2, 0.25) is 0 Å². The van der Waals surface area contributed by atoms with E-state index in [-0.39, 0.29) is 24.2 Å². The molecule has 3 aromatic rings. The summed E-state index contributed by atoms with van der Waals surface area (Å²) in [7, 11) is 1.56. The Morgan fingerprint density at radius 1 is 1.07 bits per heavy atom. The predicted octanol–water partition coefficient (Wildman–Crippen LogP) is 5.42. The summed E-state index contributed by atoms with van der Waals surface area (Å²) in [5, 5.41) is 5.27. The second-order valence-electron chi connectivity index (χ2n) is 9.57. The number of anilines is 2. The molecule has 1 fully saturated rings. The van der Waals surface area contributed by atoms with E-state index in [2.05, 4.69) is 10.3 Å². The van der Waals surface area contributed by atoms with Gasteiger partial charge in [-0.15, -0.1) is 11.3 Å². The molecule has 0 spiro atoms. The minimum Gasteiger partial charge on any atom is -0.383 e. The zero-order valence-electron chi connectivity index (χ0n) is 22.6. The van der Waals surface area contributed by atoms with E-state index < -0.39 is 11.7 Å². The van der Waals surface area contributed by atoms with E-state index in [4.69, 9.17) is 4.74 Å². The lowest BCUT2D eigenvalue weighted by Gasteiger charge is -2.36. The Hall–Kier alpha value is -3.64.